The lowest BCUT2D eigenvalue weighted by molar-refractivity contribution is 0.0891. The van der Waals surface area contributed by atoms with E-state index in [1.54, 1.807) is 18.5 Å². The molecule has 1 aliphatic rings. The van der Waals surface area contributed by atoms with E-state index in [1.165, 1.54) is 6.42 Å². The second-order valence-corrected chi connectivity index (χ2v) is 7.43. The molecule has 0 radical (unpaired) electrons. The van der Waals surface area contributed by atoms with E-state index in [1.807, 2.05) is 24.3 Å². The molecule has 4 rings (SSSR count). The molecule has 0 aliphatic heterocycles. The number of amides is 1. The molecule has 0 spiro atoms. The van der Waals surface area contributed by atoms with Gasteiger partial charge in [0.05, 0.1) is 6.04 Å². The van der Waals surface area contributed by atoms with Crippen LogP contribution in [0.25, 0.3) is 11.3 Å². The van der Waals surface area contributed by atoms with Crippen molar-refractivity contribution in [2.45, 2.75) is 25.3 Å². The van der Waals surface area contributed by atoms with Gasteiger partial charge in [-0.3, -0.25) is 9.78 Å². The number of aromatic nitrogens is 2. The van der Waals surface area contributed by atoms with Crippen molar-refractivity contribution >= 4 is 21.8 Å². The maximum absolute atomic E-state index is 12.7. The fraction of sp³-hybridized carbons (Fsp3) is 0.250. The molecule has 132 valence electrons. The fourth-order valence-electron chi connectivity index (χ4n) is 3.16. The first-order valence-electron chi connectivity index (χ1n) is 8.64. The molecule has 1 unspecified atom stereocenters. The van der Waals surface area contributed by atoms with Crippen molar-refractivity contribution in [2.24, 2.45) is 5.92 Å². The lowest BCUT2D eigenvalue weighted by atomic mass is 9.77. The van der Waals surface area contributed by atoms with Gasteiger partial charge in [0.15, 0.2) is 11.5 Å². The van der Waals surface area contributed by atoms with Gasteiger partial charge < -0.3 is 9.84 Å². The first kappa shape index (κ1) is 17.0. The molecule has 1 fully saturated rings. The molecule has 2 aromatic heterocycles. The number of rotatable bonds is 5. The lowest BCUT2D eigenvalue weighted by Crippen LogP contribution is -2.36. The van der Waals surface area contributed by atoms with E-state index in [0.29, 0.717) is 11.7 Å². The Morgan fingerprint density at radius 2 is 2.04 bits per heavy atom. The van der Waals surface area contributed by atoms with Gasteiger partial charge in [-0.25, -0.2) is 0 Å². The highest BCUT2D eigenvalue weighted by Gasteiger charge is 2.30. The van der Waals surface area contributed by atoms with Gasteiger partial charge in [0.2, 0.25) is 0 Å². The van der Waals surface area contributed by atoms with Crippen LogP contribution in [-0.4, -0.2) is 16.0 Å². The van der Waals surface area contributed by atoms with E-state index in [-0.39, 0.29) is 17.6 Å². The van der Waals surface area contributed by atoms with Gasteiger partial charge >= 0.3 is 0 Å². The number of halogens is 1. The number of nitrogens with zero attached hydrogens (tertiary/aromatic N) is 2. The Hall–Kier alpha value is -2.47. The summed E-state index contributed by atoms with van der Waals surface area (Å²) in [4.78, 5) is 16.8. The Kier molecular flexibility index (Phi) is 4.84. The molecule has 1 atom stereocenters. The van der Waals surface area contributed by atoms with Gasteiger partial charge in [0.1, 0.15) is 0 Å². The molecule has 1 amide bonds. The first-order chi connectivity index (χ1) is 12.7. The second-order valence-electron chi connectivity index (χ2n) is 6.51. The molecule has 0 saturated heterocycles. The predicted molar refractivity (Wildman–Crippen MR) is 101 cm³/mol. The van der Waals surface area contributed by atoms with Gasteiger partial charge in [-0.15, -0.1) is 0 Å². The van der Waals surface area contributed by atoms with Gasteiger partial charge in [-0.2, -0.15) is 0 Å². The van der Waals surface area contributed by atoms with Gasteiger partial charge in [-0.05, 0) is 48.6 Å². The van der Waals surface area contributed by atoms with Crippen LogP contribution in [-0.2, 0) is 0 Å². The van der Waals surface area contributed by atoms with E-state index in [2.05, 4.69) is 43.5 Å². The minimum absolute atomic E-state index is 0.0112. The smallest absolute Gasteiger partial charge is 0.273 e. The minimum Gasteiger partial charge on any atom is -0.355 e. The van der Waals surface area contributed by atoms with Gasteiger partial charge in [0, 0.05) is 28.5 Å². The van der Waals surface area contributed by atoms with Crippen LogP contribution in [0.1, 0.15) is 41.4 Å². The lowest BCUT2D eigenvalue weighted by Gasteiger charge is -2.34. The van der Waals surface area contributed by atoms with E-state index < -0.39 is 0 Å². The van der Waals surface area contributed by atoms with Gasteiger partial charge in [-0.1, -0.05) is 39.6 Å². The zero-order valence-corrected chi connectivity index (χ0v) is 15.6. The highest BCUT2D eigenvalue weighted by Crippen LogP contribution is 2.38. The molecule has 1 aliphatic carbocycles. The minimum atomic E-state index is -0.219. The Bertz CT molecular complexity index is 889. The molecule has 0 bridgehead atoms. The Morgan fingerprint density at radius 1 is 1.23 bits per heavy atom. The highest BCUT2D eigenvalue weighted by molar-refractivity contribution is 9.10. The summed E-state index contributed by atoms with van der Waals surface area (Å²) in [5.41, 5.74) is 2.19. The number of hydrogen-bond acceptors (Lipinski definition) is 4. The van der Waals surface area contributed by atoms with Crippen molar-refractivity contribution in [1.29, 1.82) is 0 Å². The molecule has 1 aromatic carbocycles. The van der Waals surface area contributed by atoms with Crippen LogP contribution in [0.2, 0.25) is 0 Å². The third-order valence-electron chi connectivity index (χ3n) is 4.83. The summed E-state index contributed by atoms with van der Waals surface area (Å²) >= 11 is 3.46. The molecule has 6 heteroatoms. The van der Waals surface area contributed by atoms with Crippen LogP contribution < -0.4 is 5.32 Å². The van der Waals surface area contributed by atoms with Crippen LogP contribution in [0, 0.1) is 5.92 Å². The largest absolute Gasteiger partial charge is 0.355 e. The molecular weight excluding hydrogens is 394 g/mol. The molecule has 26 heavy (non-hydrogen) atoms. The molecule has 3 aromatic rings. The van der Waals surface area contributed by atoms with Crippen molar-refractivity contribution < 1.29 is 9.32 Å². The zero-order valence-electron chi connectivity index (χ0n) is 14.1. The van der Waals surface area contributed by atoms with Crippen LogP contribution in [0.4, 0.5) is 0 Å². The number of nitrogens with one attached hydrogen (secondary N) is 1. The standard InChI is InChI=1S/C20H18BrN3O2/c21-16-8-6-14(7-9-16)19(13-3-1-4-13)23-20(25)17-11-18(26-24-17)15-5-2-10-22-12-15/h2,5-13,19H,1,3-4H2,(H,23,25). The van der Waals surface area contributed by atoms with Crippen LogP contribution in [0.5, 0.6) is 0 Å². The van der Waals surface area contributed by atoms with E-state index in [4.69, 9.17) is 4.52 Å². The number of carbonyl (C=O) groups excluding carboxylic acids is 1. The fourth-order valence-corrected chi connectivity index (χ4v) is 3.42. The monoisotopic (exact) mass is 411 g/mol. The van der Waals surface area contributed by atoms with Crippen molar-refractivity contribution in [3.63, 3.8) is 0 Å². The van der Waals surface area contributed by atoms with Crippen LogP contribution in [0.15, 0.2) is 63.9 Å². The van der Waals surface area contributed by atoms with E-state index in [0.717, 1.165) is 28.4 Å². The normalized spacial score (nSPS) is 15.3. The summed E-state index contributed by atoms with van der Waals surface area (Å²) in [6, 6.07) is 13.4. The first-order valence-corrected chi connectivity index (χ1v) is 9.43. The Morgan fingerprint density at radius 3 is 2.69 bits per heavy atom. The molecule has 2 heterocycles. The Balaban J connectivity index is 1.53. The molecule has 1 N–H and O–H groups in total. The number of pyridine rings is 1. The van der Waals surface area contributed by atoms with E-state index >= 15 is 0 Å². The maximum Gasteiger partial charge on any atom is 0.273 e. The van der Waals surface area contributed by atoms with Crippen LogP contribution >= 0.6 is 15.9 Å². The Labute approximate surface area is 159 Å². The predicted octanol–water partition coefficient (Wildman–Crippen LogP) is 4.77. The zero-order chi connectivity index (χ0) is 17.9. The second kappa shape index (κ2) is 7.41. The number of carbonyl (C=O) groups is 1. The molecular formula is C20H18BrN3O2. The number of hydrogen-bond donors (Lipinski definition) is 1. The number of benzene rings is 1. The van der Waals surface area contributed by atoms with Crippen molar-refractivity contribution in [1.82, 2.24) is 15.5 Å². The van der Waals surface area contributed by atoms with Crippen LogP contribution in [0.3, 0.4) is 0 Å². The SMILES string of the molecule is O=C(NC(c1ccc(Br)cc1)C1CCC1)c1cc(-c2cccnc2)on1. The topological polar surface area (TPSA) is 68.0 Å². The van der Waals surface area contributed by atoms with Crippen molar-refractivity contribution in [3.05, 3.63) is 70.6 Å². The van der Waals surface area contributed by atoms with E-state index in [9.17, 15) is 4.79 Å². The molecule has 5 nitrogen and oxygen atoms in total. The quantitative estimate of drug-likeness (QED) is 0.656. The average molecular weight is 412 g/mol. The summed E-state index contributed by atoms with van der Waals surface area (Å²) in [6.07, 6.45) is 6.83. The van der Waals surface area contributed by atoms with Gasteiger partial charge in [0.25, 0.3) is 5.91 Å². The third kappa shape index (κ3) is 3.55. The maximum atomic E-state index is 12.7. The summed E-state index contributed by atoms with van der Waals surface area (Å²) in [6.45, 7) is 0. The third-order valence-corrected chi connectivity index (χ3v) is 5.35. The molecule has 1 saturated carbocycles. The summed E-state index contributed by atoms with van der Waals surface area (Å²) < 4.78 is 6.34. The van der Waals surface area contributed by atoms with Crippen molar-refractivity contribution in [3.8, 4) is 11.3 Å². The summed E-state index contributed by atoms with van der Waals surface area (Å²) in [7, 11) is 0. The summed E-state index contributed by atoms with van der Waals surface area (Å²) in [5, 5.41) is 7.08. The summed E-state index contributed by atoms with van der Waals surface area (Å²) in [5.74, 6) is 0.778. The van der Waals surface area contributed by atoms with Crippen molar-refractivity contribution in [2.75, 3.05) is 0 Å². The average Bonchev–Trinajstić information content (AvgIpc) is 3.11. The highest BCUT2D eigenvalue weighted by atomic mass is 79.9.